The predicted molar refractivity (Wildman–Crippen MR) is 112 cm³/mol. The summed E-state index contributed by atoms with van der Waals surface area (Å²) >= 11 is 0. The number of hydrogen-bond acceptors (Lipinski definition) is 5. The zero-order valence-electron chi connectivity index (χ0n) is 17.0. The van der Waals surface area contributed by atoms with E-state index in [1.165, 1.54) is 17.7 Å². The number of aryl methyl sites for hydroxylation is 2. The Kier molecular flexibility index (Phi) is 5.68. The molecule has 0 bridgehead atoms. The van der Waals surface area contributed by atoms with Crippen LogP contribution in [0.1, 0.15) is 21.0 Å². The van der Waals surface area contributed by atoms with Crippen molar-refractivity contribution in [2.75, 3.05) is 14.2 Å². The number of phenolic OH excluding ortho intramolecular Hbond substituents is 1. The Hall–Kier alpha value is -3.94. The number of phenols is 1. The van der Waals surface area contributed by atoms with Crippen molar-refractivity contribution in [1.82, 2.24) is 9.13 Å². The van der Waals surface area contributed by atoms with Crippen molar-refractivity contribution in [1.29, 1.82) is 0 Å². The van der Waals surface area contributed by atoms with Gasteiger partial charge < -0.3 is 28.8 Å². The summed E-state index contributed by atoms with van der Waals surface area (Å²) < 4.78 is 13.2. The van der Waals surface area contributed by atoms with Crippen molar-refractivity contribution in [3.05, 3.63) is 59.9 Å². The number of carbonyl (C=O) groups excluding carboxylic acids is 1. The van der Waals surface area contributed by atoms with Crippen LogP contribution in [0.3, 0.4) is 0 Å². The van der Waals surface area contributed by atoms with Gasteiger partial charge in [0.1, 0.15) is 22.9 Å². The van der Waals surface area contributed by atoms with E-state index in [1.54, 1.807) is 43.0 Å². The lowest BCUT2D eigenvalue weighted by molar-refractivity contribution is 0.0589. The van der Waals surface area contributed by atoms with Crippen LogP contribution in [0.2, 0.25) is 0 Å². The summed E-state index contributed by atoms with van der Waals surface area (Å²) in [4.78, 5) is 22.3. The van der Waals surface area contributed by atoms with Crippen LogP contribution in [0.15, 0.2) is 48.5 Å². The van der Waals surface area contributed by atoms with Crippen LogP contribution in [0.5, 0.6) is 11.5 Å². The first-order chi connectivity index (χ1) is 14.3. The number of benzene rings is 2. The highest BCUT2D eigenvalue weighted by molar-refractivity contribution is 5.96. The highest BCUT2D eigenvalue weighted by atomic mass is 16.5. The number of carboxylic acid groups (broad SMARTS) is 1. The van der Waals surface area contributed by atoms with Crippen molar-refractivity contribution in [3.63, 3.8) is 0 Å². The number of aromatic nitrogens is 2. The molecule has 30 heavy (non-hydrogen) atoms. The molecular weight excluding hydrogens is 388 g/mol. The Morgan fingerprint density at radius 2 is 1.40 bits per heavy atom. The molecule has 0 saturated heterocycles. The number of carboxylic acids is 1. The van der Waals surface area contributed by atoms with E-state index in [4.69, 9.17) is 14.6 Å². The summed E-state index contributed by atoms with van der Waals surface area (Å²) in [6.45, 7) is 0. The van der Waals surface area contributed by atoms with Gasteiger partial charge in [0.05, 0.1) is 25.3 Å². The standard InChI is InChI=1S/C12H13NO3.C10H9NO3/c1-13-10-7-9(15-2)5-4-8(10)6-11(13)12(14)16-3;1-11-8-5-7(12)3-2-6(8)4-9(11)10(13)14/h4-7H,1-3H3;2-5,12H,1H3,(H,13,14). The van der Waals surface area contributed by atoms with Gasteiger partial charge in [-0.3, -0.25) is 0 Å². The van der Waals surface area contributed by atoms with Crippen LogP contribution in [-0.2, 0) is 18.8 Å². The van der Waals surface area contributed by atoms with Gasteiger partial charge in [-0.25, -0.2) is 9.59 Å². The summed E-state index contributed by atoms with van der Waals surface area (Å²) in [5.74, 6) is -0.401. The second-order valence-electron chi connectivity index (χ2n) is 6.64. The quantitative estimate of drug-likeness (QED) is 0.501. The first kappa shape index (κ1) is 20.8. The van der Waals surface area contributed by atoms with Crippen LogP contribution in [0, 0.1) is 0 Å². The third kappa shape index (κ3) is 3.80. The predicted octanol–water partition coefficient (Wildman–Crippen LogP) is 3.56. The zero-order chi connectivity index (χ0) is 22.0. The molecule has 4 rings (SSSR count). The second kappa shape index (κ2) is 8.20. The van der Waals surface area contributed by atoms with Crippen molar-refractivity contribution in [3.8, 4) is 11.5 Å². The molecule has 0 unspecified atom stereocenters. The van der Waals surface area contributed by atoms with E-state index in [9.17, 15) is 14.7 Å². The van der Waals surface area contributed by atoms with Gasteiger partial charge in [0.2, 0.25) is 0 Å². The molecule has 0 atom stereocenters. The SMILES string of the molecule is COC(=O)c1cc2ccc(OC)cc2n1C.Cn1c(C(=O)O)cc2ccc(O)cc21. The van der Waals surface area contributed by atoms with Crippen LogP contribution < -0.4 is 4.74 Å². The van der Waals surface area contributed by atoms with Crippen LogP contribution in [-0.4, -0.2) is 45.5 Å². The Morgan fingerprint density at radius 1 is 0.833 bits per heavy atom. The Labute approximate surface area is 172 Å². The molecule has 0 radical (unpaired) electrons. The molecule has 0 aliphatic carbocycles. The monoisotopic (exact) mass is 410 g/mol. The van der Waals surface area contributed by atoms with Crippen LogP contribution >= 0.6 is 0 Å². The largest absolute Gasteiger partial charge is 0.508 e. The lowest BCUT2D eigenvalue weighted by Gasteiger charge is -2.03. The number of aromatic hydroxyl groups is 1. The molecule has 0 saturated carbocycles. The third-order valence-electron chi connectivity index (χ3n) is 4.90. The van der Waals surface area contributed by atoms with Gasteiger partial charge in [-0.2, -0.15) is 0 Å². The molecule has 8 nitrogen and oxygen atoms in total. The molecule has 4 aromatic rings. The fraction of sp³-hybridized carbons (Fsp3) is 0.182. The molecule has 0 spiro atoms. The fourth-order valence-electron chi connectivity index (χ4n) is 3.26. The van der Waals surface area contributed by atoms with Crippen LogP contribution in [0.25, 0.3) is 21.8 Å². The third-order valence-corrected chi connectivity index (χ3v) is 4.90. The van der Waals surface area contributed by atoms with Crippen molar-refractivity contribution in [2.45, 2.75) is 0 Å². The van der Waals surface area contributed by atoms with Gasteiger partial charge in [-0.1, -0.05) is 0 Å². The van der Waals surface area contributed by atoms with E-state index in [2.05, 4.69) is 0 Å². The number of rotatable bonds is 3. The maximum Gasteiger partial charge on any atom is 0.354 e. The second-order valence-corrected chi connectivity index (χ2v) is 6.64. The minimum absolute atomic E-state index is 0.135. The number of esters is 1. The minimum Gasteiger partial charge on any atom is -0.508 e. The number of fused-ring (bicyclic) bond motifs is 2. The molecule has 2 heterocycles. The average molecular weight is 410 g/mol. The number of methoxy groups -OCH3 is 2. The minimum atomic E-state index is -0.969. The Morgan fingerprint density at radius 3 is 2.00 bits per heavy atom. The first-order valence-corrected chi connectivity index (χ1v) is 9.00. The topological polar surface area (TPSA) is 103 Å². The summed E-state index contributed by atoms with van der Waals surface area (Å²) in [6.07, 6.45) is 0. The number of nitrogens with zero attached hydrogens (tertiary/aromatic N) is 2. The van der Waals surface area contributed by atoms with Gasteiger partial charge in [0.15, 0.2) is 0 Å². The van der Waals surface area contributed by atoms with Gasteiger partial charge in [-0.15, -0.1) is 0 Å². The molecule has 2 aromatic carbocycles. The van der Waals surface area contributed by atoms with E-state index >= 15 is 0 Å². The molecule has 0 aliphatic rings. The highest BCUT2D eigenvalue weighted by Crippen LogP contribution is 2.24. The summed E-state index contributed by atoms with van der Waals surface area (Å²) in [5, 5.41) is 19.9. The molecule has 8 heteroatoms. The van der Waals surface area contributed by atoms with E-state index in [1.807, 2.05) is 25.2 Å². The molecule has 0 aliphatic heterocycles. The highest BCUT2D eigenvalue weighted by Gasteiger charge is 2.14. The van der Waals surface area contributed by atoms with E-state index in [-0.39, 0.29) is 17.4 Å². The summed E-state index contributed by atoms with van der Waals surface area (Å²) in [6, 6.07) is 13.8. The Balaban J connectivity index is 0.000000172. The molecule has 156 valence electrons. The van der Waals surface area contributed by atoms with Crippen LogP contribution in [0.4, 0.5) is 0 Å². The molecular formula is C22H22N2O6. The van der Waals surface area contributed by atoms with Gasteiger partial charge in [-0.05, 0) is 36.4 Å². The smallest absolute Gasteiger partial charge is 0.354 e. The first-order valence-electron chi connectivity index (χ1n) is 9.00. The zero-order valence-corrected chi connectivity index (χ0v) is 17.0. The van der Waals surface area contributed by atoms with E-state index in [0.717, 1.165) is 22.0 Å². The summed E-state index contributed by atoms with van der Waals surface area (Å²) in [7, 11) is 6.48. The number of ether oxygens (including phenoxy) is 2. The lowest BCUT2D eigenvalue weighted by atomic mass is 10.2. The lowest BCUT2D eigenvalue weighted by Crippen LogP contribution is -2.06. The normalized spacial score (nSPS) is 10.5. The maximum atomic E-state index is 11.5. The molecule has 0 fully saturated rings. The van der Waals surface area contributed by atoms with Crippen molar-refractivity contribution < 1.29 is 29.3 Å². The molecule has 2 aromatic heterocycles. The number of aromatic carboxylic acids is 1. The van der Waals surface area contributed by atoms with Gasteiger partial charge in [0, 0.05) is 37.0 Å². The summed E-state index contributed by atoms with van der Waals surface area (Å²) in [5.41, 5.74) is 2.40. The fourth-order valence-corrected chi connectivity index (χ4v) is 3.26. The van der Waals surface area contributed by atoms with E-state index in [0.29, 0.717) is 11.2 Å². The maximum absolute atomic E-state index is 11.5. The van der Waals surface area contributed by atoms with Crippen molar-refractivity contribution in [2.24, 2.45) is 14.1 Å². The Bertz CT molecular complexity index is 1250. The number of carbonyl (C=O) groups is 2. The average Bonchev–Trinajstić information content (AvgIpc) is 3.25. The van der Waals surface area contributed by atoms with Gasteiger partial charge >= 0.3 is 11.9 Å². The molecule has 2 N–H and O–H groups in total. The van der Waals surface area contributed by atoms with Gasteiger partial charge in [0.25, 0.3) is 0 Å². The molecule has 0 amide bonds. The van der Waals surface area contributed by atoms with E-state index < -0.39 is 5.97 Å². The van der Waals surface area contributed by atoms with Crippen molar-refractivity contribution >= 4 is 33.7 Å². The number of hydrogen-bond donors (Lipinski definition) is 2.